The smallest absolute Gasteiger partial charge is 0.300 e. The zero-order valence-electron chi connectivity index (χ0n) is 14.0. The summed E-state index contributed by atoms with van der Waals surface area (Å²) in [5.74, 6) is 0. The highest BCUT2D eigenvalue weighted by molar-refractivity contribution is 7.50. The van der Waals surface area contributed by atoms with Crippen molar-refractivity contribution in [2.45, 2.75) is 65.1 Å². The Balaban J connectivity index is 4.52. The minimum atomic E-state index is -6.19. The molecule has 0 aliphatic rings. The second-order valence-corrected chi connectivity index (χ2v) is 7.54. The highest BCUT2D eigenvalue weighted by atomic mass is 31.2. The van der Waals surface area contributed by atoms with E-state index in [1.807, 2.05) is 26.8 Å². The number of rotatable bonds is 9. The molecule has 23 heavy (non-hydrogen) atoms. The summed E-state index contributed by atoms with van der Waals surface area (Å²) in [5.41, 5.74) is -1.87. The van der Waals surface area contributed by atoms with Crippen LogP contribution in [-0.2, 0) is 4.57 Å². The first-order chi connectivity index (χ1) is 10.4. The van der Waals surface area contributed by atoms with E-state index in [9.17, 15) is 28.2 Å². The van der Waals surface area contributed by atoms with Crippen molar-refractivity contribution in [2.75, 3.05) is 0 Å². The van der Waals surface area contributed by atoms with E-state index in [1.54, 1.807) is 0 Å². The fourth-order valence-electron chi connectivity index (χ4n) is 1.85. The number of aliphatic hydroxyl groups is 1. The Hall–Kier alpha value is -0.810. The molecule has 0 aromatic heterocycles. The molecule has 1 atom stereocenters. The van der Waals surface area contributed by atoms with Gasteiger partial charge in [0.05, 0.1) is 0 Å². The number of hydrogen-bond acceptors (Lipinski definition) is 4. The van der Waals surface area contributed by atoms with Gasteiger partial charge in [-0.15, -0.1) is 0 Å². The average Bonchev–Trinajstić information content (AvgIpc) is 2.36. The molecule has 0 aromatic rings. The van der Waals surface area contributed by atoms with Gasteiger partial charge in [-0.25, -0.2) is 0 Å². The predicted octanol–water partition coefficient (Wildman–Crippen LogP) is 3.27. The van der Waals surface area contributed by atoms with Crippen molar-refractivity contribution in [3.63, 3.8) is 0 Å². The molecule has 134 valence electrons. The van der Waals surface area contributed by atoms with Crippen molar-refractivity contribution >= 4 is 7.60 Å². The molecule has 0 heterocycles. The number of aliphatic hydroxyl groups excluding tert-OH is 1. The van der Waals surface area contributed by atoms with E-state index in [0.29, 0.717) is 18.4 Å². The summed E-state index contributed by atoms with van der Waals surface area (Å²) in [6.45, 7) is 7.53. The molecule has 0 saturated carbocycles. The van der Waals surface area contributed by atoms with Gasteiger partial charge in [0, 0.05) is 7.60 Å². The van der Waals surface area contributed by atoms with Crippen molar-refractivity contribution in [1.82, 2.24) is 0 Å². The first-order valence-corrected chi connectivity index (χ1v) is 8.96. The van der Waals surface area contributed by atoms with Gasteiger partial charge in [-0.2, -0.15) is 8.78 Å². The van der Waals surface area contributed by atoms with Crippen LogP contribution in [0.4, 0.5) is 8.78 Å². The molecule has 0 aromatic carbocycles. The quantitative estimate of drug-likeness (QED) is 0.511. The van der Waals surface area contributed by atoms with Crippen LogP contribution in [0.5, 0.6) is 0 Å². The van der Waals surface area contributed by atoms with Crippen LogP contribution < -0.4 is 9.79 Å². The minimum absolute atomic E-state index is 0.398. The summed E-state index contributed by atoms with van der Waals surface area (Å²) in [5, 5.41) is 9.24. The first-order valence-electron chi connectivity index (χ1n) is 7.42. The third-order valence-corrected chi connectivity index (χ3v) is 4.28. The van der Waals surface area contributed by atoms with Crippen LogP contribution in [0.1, 0.15) is 53.4 Å². The molecule has 0 radical (unpaired) electrons. The molecule has 0 amide bonds. The number of alkyl halides is 2. The Bertz CT molecular complexity index is 514. The molecule has 0 fully saturated rings. The van der Waals surface area contributed by atoms with Gasteiger partial charge in [0.1, 0.15) is 6.10 Å². The summed E-state index contributed by atoms with van der Waals surface area (Å²) >= 11 is 0. The summed E-state index contributed by atoms with van der Waals surface area (Å²) in [7, 11) is -6.19. The number of allylic oxidation sites excluding steroid dienone is 5. The van der Waals surface area contributed by atoms with Crippen LogP contribution >= 0.6 is 7.60 Å². The van der Waals surface area contributed by atoms with Gasteiger partial charge in [-0.3, -0.25) is 0 Å². The fourth-order valence-corrected chi connectivity index (χ4v) is 2.25. The van der Waals surface area contributed by atoms with Crippen molar-refractivity contribution < 1.29 is 28.2 Å². The summed E-state index contributed by atoms with van der Waals surface area (Å²) in [4.78, 5) is 20.9. The Morgan fingerprint density at radius 3 is 2.04 bits per heavy atom. The molecule has 1 unspecified atom stereocenters. The van der Waals surface area contributed by atoms with Gasteiger partial charge in [0.25, 0.3) is 0 Å². The van der Waals surface area contributed by atoms with Crippen molar-refractivity contribution in [3.8, 4) is 0 Å². The molecule has 4 nitrogen and oxygen atoms in total. The lowest BCUT2D eigenvalue weighted by molar-refractivity contribution is -0.337. The number of halogens is 2. The normalized spacial score (nSPS) is 15.5. The molecule has 0 spiro atoms. The fraction of sp³-hybridized carbons (Fsp3) is 0.625. The van der Waals surface area contributed by atoms with Crippen molar-refractivity contribution in [1.29, 1.82) is 0 Å². The zero-order valence-corrected chi connectivity index (χ0v) is 14.9. The highest BCUT2D eigenvalue weighted by Gasteiger charge is 2.41. The maximum atomic E-state index is 13.1. The van der Waals surface area contributed by atoms with Gasteiger partial charge in [0.15, 0.2) is 0 Å². The van der Waals surface area contributed by atoms with Crippen LogP contribution in [0, 0.1) is 0 Å². The lowest BCUT2D eigenvalue weighted by Gasteiger charge is -2.39. The Kier molecular flexibility index (Phi) is 9.14. The first kappa shape index (κ1) is 22.2. The van der Waals surface area contributed by atoms with Crippen LogP contribution in [0.3, 0.4) is 0 Å². The van der Waals surface area contributed by atoms with Gasteiger partial charge in [0.2, 0.25) is 0 Å². The van der Waals surface area contributed by atoms with Gasteiger partial charge < -0.3 is 19.5 Å². The standard InChI is InChI=1S/C16H27F2O4P/c1-12(2)7-5-8-13(3)9-6-10-14(4)11-15(19)16(17,18)23(20,21)22/h7,9,11,15,19H,5-6,8,10H2,1-4H3,(H2,20,21,22)/p-2/b13-9+,14-11+. The van der Waals surface area contributed by atoms with Crippen LogP contribution in [-0.4, -0.2) is 16.9 Å². The number of hydrogen-bond donors (Lipinski definition) is 1. The zero-order chi connectivity index (χ0) is 18.3. The van der Waals surface area contributed by atoms with E-state index >= 15 is 0 Å². The van der Waals surface area contributed by atoms with Gasteiger partial charge in [-0.05, 0) is 53.4 Å². The minimum Gasteiger partial charge on any atom is -0.806 e. The van der Waals surface area contributed by atoms with Crippen molar-refractivity contribution in [2.24, 2.45) is 0 Å². The lowest BCUT2D eigenvalue weighted by atomic mass is 10.1. The molecular weight excluding hydrogens is 325 g/mol. The summed E-state index contributed by atoms with van der Waals surface area (Å²) in [6.07, 6.45) is 5.05. The van der Waals surface area contributed by atoms with E-state index in [0.717, 1.165) is 18.9 Å². The molecule has 7 heteroatoms. The molecule has 0 bridgehead atoms. The molecule has 0 rings (SSSR count). The van der Waals surface area contributed by atoms with E-state index < -0.39 is 19.4 Å². The second kappa shape index (κ2) is 9.48. The molecule has 1 N–H and O–H groups in total. The predicted molar refractivity (Wildman–Crippen MR) is 84.0 cm³/mol. The largest absolute Gasteiger partial charge is 0.806 e. The molecular formula is C16H25F2O4P-2. The third kappa shape index (κ3) is 8.56. The van der Waals surface area contributed by atoms with Gasteiger partial charge >= 0.3 is 5.66 Å². The average molecular weight is 350 g/mol. The van der Waals surface area contributed by atoms with E-state index in [1.165, 1.54) is 18.1 Å². The monoisotopic (exact) mass is 350 g/mol. The SMILES string of the molecule is CC(C)=CCC/C(C)=C/CC/C(C)=C/C(O)C(F)(F)P(=O)([O-])[O-]. The van der Waals surface area contributed by atoms with E-state index in [2.05, 4.69) is 6.08 Å². The molecule has 0 saturated heterocycles. The van der Waals surface area contributed by atoms with Gasteiger partial charge in [-0.1, -0.05) is 34.9 Å². The van der Waals surface area contributed by atoms with Crippen LogP contribution in [0.2, 0.25) is 0 Å². The topological polar surface area (TPSA) is 83.4 Å². The maximum absolute atomic E-state index is 13.1. The Labute approximate surface area is 136 Å². The van der Waals surface area contributed by atoms with Crippen molar-refractivity contribution in [3.05, 3.63) is 34.9 Å². The molecule has 0 aliphatic carbocycles. The second-order valence-electron chi connectivity index (χ2n) is 5.95. The summed E-state index contributed by atoms with van der Waals surface area (Å²) < 4.78 is 36.7. The van der Waals surface area contributed by atoms with Crippen LogP contribution in [0.25, 0.3) is 0 Å². The molecule has 0 aliphatic heterocycles. The lowest BCUT2D eigenvalue weighted by Crippen LogP contribution is -2.40. The third-order valence-electron chi connectivity index (χ3n) is 3.29. The summed E-state index contributed by atoms with van der Waals surface area (Å²) in [6, 6.07) is 0. The van der Waals surface area contributed by atoms with E-state index in [-0.39, 0.29) is 0 Å². The Morgan fingerprint density at radius 2 is 1.57 bits per heavy atom. The highest BCUT2D eigenvalue weighted by Crippen LogP contribution is 2.48. The van der Waals surface area contributed by atoms with E-state index in [4.69, 9.17) is 0 Å². The maximum Gasteiger partial charge on any atom is 0.300 e. The Morgan fingerprint density at radius 1 is 1.09 bits per heavy atom. The van der Waals surface area contributed by atoms with Crippen LogP contribution in [0.15, 0.2) is 34.9 Å².